The van der Waals surface area contributed by atoms with Crippen molar-refractivity contribution < 1.29 is 19.4 Å². The number of hydrogen-bond acceptors (Lipinski definition) is 6. The fourth-order valence-corrected chi connectivity index (χ4v) is 3.10. The van der Waals surface area contributed by atoms with Crippen molar-refractivity contribution in [1.82, 2.24) is 14.7 Å². The van der Waals surface area contributed by atoms with E-state index in [0.29, 0.717) is 37.2 Å². The summed E-state index contributed by atoms with van der Waals surface area (Å²) in [5, 5.41) is 10.2. The van der Waals surface area contributed by atoms with E-state index in [1.165, 1.54) is 0 Å². The van der Waals surface area contributed by atoms with Crippen LogP contribution in [0.1, 0.15) is 19.4 Å². The van der Waals surface area contributed by atoms with Gasteiger partial charge in [0.05, 0.1) is 7.11 Å². The number of rotatable bonds is 9. The number of nitrogens with zero attached hydrogens (tertiary/aromatic N) is 3. The molecule has 3 N–H and O–H groups in total. The van der Waals surface area contributed by atoms with Crippen LogP contribution in [0.25, 0.3) is 0 Å². The van der Waals surface area contributed by atoms with Crippen LogP contribution < -0.4 is 15.2 Å². The maximum atomic E-state index is 11.2. The number of ether oxygens (including phenoxy) is 2. The Hall–Kier alpha value is -2.03. The van der Waals surface area contributed by atoms with Crippen LogP contribution in [0.4, 0.5) is 4.79 Å². The maximum Gasteiger partial charge on any atom is 0.314 e. The van der Waals surface area contributed by atoms with E-state index >= 15 is 0 Å². The molecule has 0 saturated carbocycles. The maximum absolute atomic E-state index is 11.2. The second-order valence-electron chi connectivity index (χ2n) is 7.58. The number of hydrogen-bond donors (Lipinski definition) is 2. The molecule has 0 bridgehead atoms. The Labute approximate surface area is 167 Å². The topological polar surface area (TPSA) is 91.5 Å². The number of carbonyl (C=O) groups excluding carboxylic acids is 1. The van der Waals surface area contributed by atoms with Gasteiger partial charge in [-0.15, -0.1) is 0 Å². The van der Waals surface area contributed by atoms with E-state index in [4.69, 9.17) is 15.2 Å². The first kappa shape index (κ1) is 22.3. The van der Waals surface area contributed by atoms with Gasteiger partial charge in [-0.1, -0.05) is 6.07 Å². The van der Waals surface area contributed by atoms with Crippen molar-refractivity contribution in [1.29, 1.82) is 0 Å². The van der Waals surface area contributed by atoms with Crippen molar-refractivity contribution >= 4 is 6.03 Å². The number of benzene rings is 1. The van der Waals surface area contributed by atoms with E-state index in [0.717, 1.165) is 25.2 Å². The Kier molecular flexibility index (Phi) is 8.35. The Morgan fingerprint density at radius 3 is 2.50 bits per heavy atom. The number of carbonyl (C=O) groups is 1. The van der Waals surface area contributed by atoms with Gasteiger partial charge < -0.3 is 30.1 Å². The zero-order valence-electron chi connectivity index (χ0n) is 17.4. The molecule has 2 amide bonds. The molecule has 8 nitrogen and oxygen atoms in total. The Morgan fingerprint density at radius 1 is 1.25 bits per heavy atom. The van der Waals surface area contributed by atoms with Gasteiger partial charge in [0.25, 0.3) is 0 Å². The summed E-state index contributed by atoms with van der Waals surface area (Å²) in [6.07, 6.45) is -0.581. The number of aliphatic hydroxyl groups excluding tert-OH is 1. The molecule has 1 aliphatic heterocycles. The number of amides is 2. The number of likely N-dealkylation sites (N-methyl/N-ethyl adjacent to an activating group) is 1. The number of aliphatic hydroxyl groups is 1. The highest BCUT2D eigenvalue weighted by Gasteiger charge is 2.20. The fraction of sp³-hybridized carbons (Fsp3) is 0.650. The fourth-order valence-electron chi connectivity index (χ4n) is 3.10. The van der Waals surface area contributed by atoms with Crippen LogP contribution in [0.2, 0.25) is 0 Å². The average molecular weight is 395 g/mol. The molecule has 1 aliphatic rings. The minimum atomic E-state index is -0.581. The molecule has 0 aliphatic carbocycles. The van der Waals surface area contributed by atoms with Crippen LogP contribution in [0.15, 0.2) is 18.2 Å². The molecule has 2 rings (SSSR count). The van der Waals surface area contributed by atoms with E-state index in [1.54, 1.807) is 12.0 Å². The zero-order valence-corrected chi connectivity index (χ0v) is 17.4. The molecule has 1 aromatic rings. The molecule has 28 heavy (non-hydrogen) atoms. The van der Waals surface area contributed by atoms with Crippen LogP contribution in [0.3, 0.4) is 0 Å². The summed E-state index contributed by atoms with van der Waals surface area (Å²) in [7, 11) is 3.58. The normalized spacial score (nSPS) is 16.5. The molecular formula is C20H34N4O4. The third-order valence-corrected chi connectivity index (χ3v) is 5.13. The Morgan fingerprint density at radius 2 is 1.93 bits per heavy atom. The molecule has 158 valence electrons. The lowest BCUT2D eigenvalue weighted by molar-refractivity contribution is 0.0667. The van der Waals surface area contributed by atoms with Crippen LogP contribution in [0.5, 0.6) is 11.5 Å². The summed E-state index contributed by atoms with van der Waals surface area (Å²) < 4.78 is 11.3. The lowest BCUT2D eigenvalue weighted by Gasteiger charge is -2.33. The highest BCUT2D eigenvalue weighted by molar-refractivity contribution is 5.72. The molecular weight excluding hydrogens is 360 g/mol. The molecule has 1 heterocycles. The molecule has 8 heteroatoms. The molecule has 1 unspecified atom stereocenters. The van der Waals surface area contributed by atoms with Crippen molar-refractivity contribution in [2.45, 2.75) is 32.5 Å². The smallest absolute Gasteiger partial charge is 0.314 e. The minimum absolute atomic E-state index is 0.203. The number of methoxy groups -OCH3 is 1. The number of nitrogens with two attached hydrogens (primary N) is 1. The summed E-state index contributed by atoms with van der Waals surface area (Å²) in [5.41, 5.74) is 6.43. The largest absolute Gasteiger partial charge is 0.493 e. The van der Waals surface area contributed by atoms with E-state index in [9.17, 15) is 9.90 Å². The molecule has 0 radical (unpaired) electrons. The SMILES string of the molecule is COc1ccc(CN2CCN(C(N)=O)CC2)cc1OCC(O)CN(C)C(C)C. The van der Waals surface area contributed by atoms with Crippen molar-refractivity contribution in [2.75, 3.05) is 53.5 Å². The van der Waals surface area contributed by atoms with Gasteiger partial charge >= 0.3 is 6.03 Å². The minimum Gasteiger partial charge on any atom is -0.493 e. The predicted octanol–water partition coefficient (Wildman–Crippen LogP) is 0.971. The number of primary amides is 1. The van der Waals surface area contributed by atoms with Gasteiger partial charge in [0.15, 0.2) is 11.5 Å². The van der Waals surface area contributed by atoms with Crippen LogP contribution >= 0.6 is 0 Å². The Balaban J connectivity index is 1.93. The Bertz CT molecular complexity index is 633. The molecule has 0 spiro atoms. The molecule has 1 fully saturated rings. The number of urea groups is 1. The third-order valence-electron chi connectivity index (χ3n) is 5.13. The van der Waals surface area contributed by atoms with Crippen molar-refractivity contribution in [3.8, 4) is 11.5 Å². The van der Waals surface area contributed by atoms with Gasteiger partial charge in [-0.05, 0) is 38.6 Å². The van der Waals surface area contributed by atoms with Crippen molar-refractivity contribution in [3.63, 3.8) is 0 Å². The molecule has 1 atom stereocenters. The molecule has 1 aromatic carbocycles. The first-order valence-corrected chi connectivity index (χ1v) is 9.75. The van der Waals surface area contributed by atoms with E-state index in [2.05, 4.69) is 23.6 Å². The second-order valence-corrected chi connectivity index (χ2v) is 7.58. The summed E-state index contributed by atoms with van der Waals surface area (Å²) in [5.74, 6) is 1.27. The predicted molar refractivity (Wildman–Crippen MR) is 109 cm³/mol. The zero-order chi connectivity index (χ0) is 20.7. The van der Waals surface area contributed by atoms with Gasteiger partial charge in [0.1, 0.15) is 12.7 Å². The first-order chi connectivity index (χ1) is 13.3. The molecule has 1 saturated heterocycles. The van der Waals surface area contributed by atoms with Gasteiger partial charge in [-0.3, -0.25) is 4.90 Å². The van der Waals surface area contributed by atoms with Gasteiger partial charge in [0, 0.05) is 45.3 Å². The van der Waals surface area contributed by atoms with Crippen molar-refractivity contribution in [3.05, 3.63) is 23.8 Å². The standard InChI is InChI=1S/C20H34N4O4/c1-15(2)22(3)13-17(25)14-28-19-11-16(5-6-18(19)27-4)12-23-7-9-24(10-8-23)20(21)26/h5-6,11,15,17,25H,7-10,12-14H2,1-4H3,(H2,21,26). The monoisotopic (exact) mass is 394 g/mol. The van der Waals surface area contributed by atoms with Crippen molar-refractivity contribution in [2.24, 2.45) is 5.73 Å². The number of piperazine rings is 1. The third kappa shape index (κ3) is 6.54. The summed E-state index contributed by atoms with van der Waals surface area (Å²) in [6, 6.07) is 5.86. The van der Waals surface area contributed by atoms with E-state index in [1.807, 2.05) is 25.2 Å². The van der Waals surface area contributed by atoms with Gasteiger partial charge in [-0.25, -0.2) is 4.79 Å². The summed E-state index contributed by atoms with van der Waals surface area (Å²) >= 11 is 0. The summed E-state index contributed by atoms with van der Waals surface area (Å²) in [4.78, 5) is 17.3. The lowest BCUT2D eigenvalue weighted by atomic mass is 10.1. The molecule has 0 aromatic heterocycles. The van der Waals surface area contributed by atoms with Gasteiger partial charge in [0.2, 0.25) is 0 Å². The van der Waals surface area contributed by atoms with Crippen LogP contribution in [-0.4, -0.2) is 91.5 Å². The lowest BCUT2D eigenvalue weighted by Crippen LogP contribution is -2.50. The quantitative estimate of drug-likeness (QED) is 0.649. The van der Waals surface area contributed by atoms with E-state index < -0.39 is 6.10 Å². The second kappa shape index (κ2) is 10.5. The van der Waals surface area contributed by atoms with Crippen LogP contribution in [0, 0.1) is 0 Å². The highest BCUT2D eigenvalue weighted by Crippen LogP contribution is 2.29. The van der Waals surface area contributed by atoms with Crippen LogP contribution in [-0.2, 0) is 6.54 Å². The summed E-state index contributed by atoms with van der Waals surface area (Å²) in [6.45, 7) is 8.53. The highest BCUT2D eigenvalue weighted by atomic mass is 16.5. The first-order valence-electron chi connectivity index (χ1n) is 9.75. The van der Waals surface area contributed by atoms with Gasteiger partial charge in [-0.2, -0.15) is 0 Å². The average Bonchev–Trinajstić information content (AvgIpc) is 2.66. The van der Waals surface area contributed by atoms with E-state index in [-0.39, 0.29) is 12.6 Å².